The molecule has 1 aromatic carbocycles. The second-order valence-corrected chi connectivity index (χ2v) is 12.0. The fraction of sp³-hybridized carbons (Fsp3) is 0.704. The van der Waals surface area contributed by atoms with Crippen LogP contribution in [-0.2, 0) is 11.2 Å². The summed E-state index contributed by atoms with van der Waals surface area (Å²) in [6, 6.07) is 4.59. The average molecular weight is 443 g/mol. The van der Waals surface area contributed by atoms with Crippen LogP contribution in [0.4, 0.5) is 0 Å². The van der Waals surface area contributed by atoms with Crippen molar-refractivity contribution in [2.45, 2.75) is 79.6 Å². The molecule has 0 spiro atoms. The second-order valence-electron chi connectivity index (χ2n) is 12.0. The number of aromatic hydroxyl groups is 1. The quantitative estimate of drug-likeness (QED) is 0.532. The smallest absolute Gasteiger partial charge is 0.335 e. The highest BCUT2D eigenvalue weighted by Crippen LogP contribution is 2.73. The van der Waals surface area contributed by atoms with E-state index in [1.165, 1.54) is 12.1 Å². The predicted octanol–water partition coefficient (Wildman–Crippen LogP) is 5.99. The molecule has 3 fully saturated rings. The monoisotopic (exact) mass is 442 g/mol. The number of hydrogen-bond acceptors (Lipinski definition) is 3. The number of benzene rings is 1. The van der Waals surface area contributed by atoms with Gasteiger partial charge in [-0.2, -0.15) is 0 Å². The van der Waals surface area contributed by atoms with E-state index in [1.54, 1.807) is 6.07 Å². The lowest BCUT2D eigenvalue weighted by molar-refractivity contribution is -0.179. The Kier molecular flexibility index (Phi) is 5.23. The van der Waals surface area contributed by atoms with E-state index in [0.717, 1.165) is 38.5 Å². The van der Waals surface area contributed by atoms with Gasteiger partial charge in [-0.3, -0.25) is 4.79 Å². The highest BCUT2D eigenvalue weighted by molar-refractivity contribution is 5.88. The standard InChI is InChI=1S/C27H38O5/c1-16-8-11-24(2)20(9-12-26(4)21(24)10-13-27(26,5)23(31)32)25(16,3)15-18-14-17(22(29)30)6-7-19(18)28/h6-7,14,16,20-21,28H,8-13,15H2,1-5H3,(H,29,30)(H,31,32)/t16-,20+,21+,24+,25-,26-,27+/m1/s1. The Morgan fingerprint density at radius 3 is 2.25 bits per heavy atom. The lowest BCUT2D eigenvalue weighted by Gasteiger charge is -2.65. The van der Waals surface area contributed by atoms with Crippen molar-refractivity contribution in [3.8, 4) is 5.75 Å². The van der Waals surface area contributed by atoms with Gasteiger partial charge in [-0.05, 0) is 110 Å². The third kappa shape index (κ3) is 2.95. The van der Waals surface area contributed by atoms with Gasteiger partial charge in [0.15, 0.2) is 0 Å². The van der Waals surface area contributed by atoms with Crippen LogP contribution < -0.4 is 0 Å². The summed E-state index contributed by atoms with van der Waals surface area (Å²) in [5.41, 5.74) is -0.0292. The van der Waals surface area contributed by atoms with Crippen molar-refractivity contribution in [2.75, 3.05) is 0 Å². The minimum Gasteiger partial charge on any atom is -0.508 e. The van der Waals surface area contributed by atoms with E-state index in [0.29, 0.717) is 29.7 Å². The Labute approximate surface area is 191 Å². The van der Waals surface area contributed by atoms with Gasteiger partial charge < -0.3 is 15.3 Å². The van der Waals surface area contributed by atoms with Gasteiger partial charge >= 0.3 is 11.9 Å². The molecule has 0 unspecified atom stereocenters. The summed E-state index contributed by atoms with van der Waals surface area (Å²) in [5.74, 6) is -0.278. The van der Waals surface area contributed by atoms with Crippen molar-refractivity contribution < 1.29 is 24.9 Å². The van der Waals surface area contributed by atoms with Crippen molar-refractivity contribution in [2.24, 2.45) is 39.4 Å². The summed E-state index contributed by atoms with van der Waals surface area (Å²) in [6.07, 6.45) is 6.39. The van der Waals surface area contributed by atoms with Crippen molar-refractivity contribution in [1.29, 1.82) is 0 Å². The van der Waals surface area contributed by atoms with Crippen LogP contribution in [-0.4, -0.2) is 27.3 Å². The zero-order valence-corrected chi connectivity index (χ0v) is 20.1. The lowest BCUT2D eigenvalue weighted by atomic mass is 9.39. The number of fused-ring (bicyclic) bond motifs is 3. The molecule has 0 aromatic heterocycles. The molecule has 32 heavy (non-hydrogen) atoms. The molecule has 4 rings (SSSR count). The van der Waals surface area contributed by atoms with Gasteiger partial charge in [-0.25, -0.2) is 4.79 Å². The summed E-state index contributed by atoms with van der Waals surface area (Å²) in [6.45, 7) is 11.2. The molecule has 0 amide bonds. The number of phenolic OH excluding ortho intramolecular Hbond substituents is 1. The molecular formula is C27H38O5. The van der Waals surface area contributed by atoms with E-state index in [4.69, 9.17) is 0 Å². The number of carboxylic acids is 2. The maximum atomic E-state index is 12.3. The first kappa shape index (κ1) is 23.1. The molecule has 0 aliphatic heterocycles. The lowest BCUT2D eigenvalue weighted by Crippen LogP contribution is -2.59. The minimum absolute atomic E-state index is 0.0432. The van der Waals surface area contributed by atoms with Crippen LogP contribution in [0, 0.1) is 39.4 Å². The van der Waals surface area contributed by atoms with Gasteiger partial charge in [0.05, 0.1) is 11.0 Å². The molecule has 176 valence electrons. The van der Waals surface area contributed by atoms with Crippen LogP contribution in [0.3, 0.4) is 0 Å². The van der Waals surface area contributed by atoms with E-state index in [2.05, 4.69) is 27.7 Å². The van der Waals surface area contributed by atoms with Gasteiger partial charge in [-0.1, -0.05) is 27.7 Å². The van der Waals surface area contributed by atoms with E-state index < -0.39 is 17.4 Å². The minimum atomic E-state index is -0.981. The first-order valence-electron chi connectivity index (χ1n) is 12.1. The third-order valence-corrected chi connectivity index (χ3v) is 10.9. The summed E-state index contributed by atoms with van der Waals surface area (Å²) >= 11 is 0. The number of carbonyl (C=O) groups is 2. The van der Waals surface area contributed by atoms with E-state index in [9.17, 15) is 24.9 Å². The number of hydrogen-bond donors (Lipinski definition) is 3. The van der Waals surface area contributed by atoms with Crippen molar-refractivity contribution >= 4 is 11.9 Å². The molecule has 0 bridgehead atoms. The Hall–Kier alpha value is -2.04. The number of aliphatic carboxylic acids is 1. The SMILES string of the molecule is C[C@@H]1CC[C@@]2(C)[C@H](CC[C@]3(C)[C@H]2CC[C@@]3(C)C(=O)O)[C@]1(C)Cc1cc(C(=O)O)ccc1O. The Balaban J connectivity index is 1.73. The molecule has 0 heterocycles. The average Bonchev–Trinajstić information content (AvgIpc) is 3.00. The van der Waals surface area contributed by atoms with E-state index in [-0.39, 0.29) is 27.6 Å². The molecule has 0 saturated heterocycles. The molecule has 3 saturated carbocycles. The fourth-order valence-corrected chi connectivity index (χ4v) is 8.50. The maximum absolute atomic E-state index is 12.3. The molecule has 1 aromatic rings. The van der Waals surface area contributed by atoms with Crippen LogP contribution in [0.1, 0.15) is 89.1 Å². The van der Waals surface area contributed by atoms with Crippen molar-refractivity contribution in [1.82, 2.24) is 0 Å². The Morgan fingerprint density at radius 2 is 1.62 bits per heavy atom. The number of phenols is 1. The van der Waals surface area contributed by atoms with Crippen molar-refractivity contribution in [3.63, 3.8) is 0 Å². The first-order valence-corrected chi connectivity index (χ1v) is 12.1. The fourth-order valence-electron chi connectivity index (χ4n) is 8.50. The third-order valence-electron chi connectivity index (χ3n) is 10.9. The zero-order chi connectivity index (χ0) is 23.7. The van der Waals surface area contributed by atoms with E-state index >= 15 is 0 Å². The van der Waals surface area contributed by atoms with Gasteiger partial charge in [0.25, 0.3) is 0 Å². The van der Waals surface area contributed by atoms with E-state index in [1.807, 2.05) is 6.92 Å². The summed E-state index contributed by atoms with van der Waals surface area (Å²) in [5, 5.41) is 30.1. The van der Waals surface area contributed by atoms with Gasteiger partial charge in [-0.15, -0.1) is 0 Å². The molecule has 7 atom stereocenters. The molecule has 3 N–H and O–H groups in total. The van der Waals surface area contributed by atoms with Crippen LogP contribution in [0.5, 0.6) is 5.75 Å². The van der Waals surface area contributed by atoms with Gasteiger partial charge in [0.2, 0.25) is 0 Å². The van der Waals surface area contributed by atoms with Crippen molar-refractivity contribution in [3.05, 3.63) is 29.3 Å². The maximum Gasteiger partial charge on any atom is 0.335 e. The zero-order valence-electron chi connectivity index (χ0n) is 20.1. The molecule has 3 aliphatic carbocycles. The highest BCUT2D eigenvalue weighted by atomic mass is 16.4. The molecule has 5 nitrogen and oxygen atoms in total. The summed E-state index contributed by atoms with van der Waals surface area (Å²) in [7, 11) is 0. The number of aromatic carboxylic acids is 1. The molecule has 3 aliphatic rings. The van der Waals surface area contributed by atoms with Gasteiger partial charge in [0, 0.05) is 0 Å². The Bertz CT molecular complexity index is 955. The predicted molar refractivity (Wildman–Crippen MR) is 123 cm³/mol. The second kappa shape index (κ2) is 7.23. The Morgan fingerprint density at radius 1 is 0.969 bits per heavy atom. The van der Waals surface area contributed by atoms with Crippen LogP contribution in [0.2, 0.25) is 0 Å². The first-order chi connectivity index (χ1) is 14.8. The molecule has 0 radical (unpaired) electrons. The topological polar surface area (TPSA) is 94.8 Å². The van der Waals surface area contributed by atoms with Crippen LogP contribution >= 0.6 is 0 Å². The van der Waals surface area contributed by atoms with Crippen LogP contribution in [0.25, 0.3) is 0 Å². The normalized spacial score (nSPS) is 43.3. The summed E-state index contributed by atoms with van der Waals surface area (Å²) in [4.78, 5) is 23.8. The molecule has 5 heteroatoms. The number of carboxylic acid groups (broad SMARTS) is 2. The van der Waals surface area contributed by atoms with Crippen LogP contribution in [0.15, 0.2) is 18.2 Å². The number of rotatable bonds is 4. The molecular weight excluding hydrogens is 404 g/mol. The summed E-state index contributed by atoms with van der Waals surface area (Å²) < 4.78 is 0. The highest BCUT2D eigenvalue weighted by Gasteiger charge is 2.68. The van der Waals surface area contributed by atoms with Gasteiger partial charge in [0.1, 0.15) is 5.75 Å². The largest absolute Gasteiger partial charge is 0.508 e.